The number of aliphatic hydroxyl groups is 1. The molecule has 0 heterocycles. The summed E-state index contributed by atoms with van der Waals surface area (Å²) in [6.07, 6.45) is 7.51. The molecule has 0 aliphatic heterocycles. The van der Waals surface area contributed by atoms with Crippen molar-refractivity contribution in [2.75, 3.05) is 13.2 Å². The van der Waals surface area contributed by atoms with E-state index in [1.54, 1.807) is 0 Å². The third-order valence-electron chi connectivity index (χ3n) is 2.37. The maximum atomic E-state index is 8.51. The minimum absolute atomic E-state index is 0.351. The first-order valence-electron chi connectivity index (χ1n) is 4.77. The number of nitrogens with one attached hydrogen (secondary N) is 1. The van der Waals surface area contributed by atoms with Crippen molar-refractivity contribution >= 4 is 0 Å². The van der Waals surface area contributed by atoms with E-state index < -0.39 is 0 Å². The normalized spacial score (nSPS) is 18.3. The summed E-state index contributed by atoms with van der Waals surface area (Å²) in [4.78, 5) is 0. The average Bonchev–Trinajstić information content (AvgIpc) is 1.93. The van der Waals surface area contributed by atoms with Crippen molar-refractivity contribution in [1.29, 1.82) is 0 Å². The van der Waals surface area contributed by atoms with Crippen LogP contribution in [0.3, 0.4) is 0 Å². The van der Waals surface area contributed by atoms with E-state index in [9.17, 15) is 0 Å². The van der Waals surface area contributed by atoms with Gasteiger partial charge in [-0.3, -0.25) is 0 Å². The largest absolute Gasteiger partial charge is 0.396 e. The van der Waals surface area contributed by atoms with E-state index in [1.807, 2.05) is 0 Å². The summed E-state index contributed by atoms with van der Waals surface area (Å²) < 4.78 is 0. The van der Waals surface area contributed by atoms with Gasteiger partial charge in [-0.15, -0.1) is 0 Å². The third kappa shape index (κ3) is 3.73. The standard InChI is InChI=1S/C9H19NO/c11-8-3-1-2-7-10-9-5-4-6-9/h9-11H,1-8H2. The van der Waals surface area contributed by atoms with E-state index >= 15 is 0 Å². The highest BCUT2D eigenvalue weighted by Gasteiger charge is 2.15. The second kappa shape index (κ2) is 5.56. The summed E-state index contributed by atoms with van der Waals surface area (Å²) in [6, 6.07) is 0.823. The summed E-state index contributed by atoms with van der Waals surface area (Å²) in [5.74, 6) is 0. The summed E-state index contributed by atoms with van der Waals surface area (Å²) in [5, 5.41) is 12.0. The summed E-state index contributed by atoms with van der Waals surface area (Å²) in [6.45, 7) is 1.49. The van der Waals surface area contributed by atoms with Gasteiger partial charge in [-0.2, -0.15) is 0 Å². The van der Waals surface area contributed by atoms with Crippen molar-refractivity contribution in [3.8, 4) is 0 Å². The number of aliphatic hydroxyl groups excluding tert-OH is 1. The molecular weight excluding hydrogens is 138 g/mol. The van der Waals surface area contributed by atoms with Gasteiger partial charge in [0.1, 0.15) is 0 Å². The highest BCUT2D eigenvalue weighted by Crippen LogP contribution is 2.17. The predicted octanol–water partition coefficient (Wildman–Crippen LogP) is 1.29. The molecular formula is C9H19NO. The van der Waals surface area contributed by atoms with Crippen LogP contribution in [0, 0.1) is 0 Å². The van der Waals surface area contributed by atoms with Gasteiger partial charge in [-0.1, -0.05) is 6.42 Å². The molecule has 2 N–H and O–H groups in total. The van der Waals surface area contributed by atoms with Crippen molar-refractivity contribution in [3.63, 3.8) is 0 Å². The zero-order chi connectivity index (χ0) is 7.94. The minimum atomic E-state index is 0.351. The van der Waals surface area contributed by atoms with Crippen LogP contribution in [0.5, 0.6) is 0 Å². The second-order valence-corrected chi connectivity index (χ2v) is 3.37. The Morgan fingerprint density at radius 1 is 1.18 bits per heavy atom. The molecule has 0 bridgehead atoms. The summed E-state index contributed by atoms with van der Waals surface area (Å²) >= 11 is 0. The summed E-state index contributed by atoms with van der Waals surface area (Å²) in [5.41, 5.74) is 0. The van der Waals surface area contributed by atoms with Gasteiger partial charge >= 0.3 is 0 Å². The SMILES string of the molecule is OCCCCCNC1CCC1. The van der Waals surface area contributed by atoms with Crippen LogP contribution in [0.4, 0.5) is 0 Å². The van der Waals surface area contributed by atoms with Gasteiger partial charge in [0.15, 0.2) is 0 Å². The lowest BCUT2D eigenvalue weighted by Gasteiger charge is -2.26. The smallest absolute Gasteiger partial charge is 0.0431 e. The van der Waals surface area contributed by atoms with Crippen molar-refractivity contribution in [1.82, 2.24) is 5.32 Å². The van der Waals surface area contributed by atoms with E-state index in [0.717, 1.165) is 25.4 Å². The number of hydrogen-bond donors (Lipinski definition) is 2. The van der Waals surface area contributed by atoms with Crippen LogP contribution in [0.25, 0.3) is 0 Å². The number of rotatable bonds is 6. The lowest BCUT2D eigenvalue weighted by molar-refractivity contribution is 0.280. The third-order valence-corrected chi connectivity index (χ3v) is 2.37. The first kappa shape index (κ1) is 9.01. The topological polar surface area (TPSA) is 32.3 Å². The molecule has 0 aromatic rings. The Morgan fingerprint density at radius 2 is 2.00 bits per heavy atom. The zero-order valence-electron chi connectivity index (χ0n) is 7.18. The average molecular weight is 157 g/mol. The second-order valence-electron chi connectivity index (χ2n) is 3.37. The van der Waals surface area contributed by atoms with E-state index in [4.69, 9.17) is 5.11 Å². The van der Waals surface area contributed by atoms with E-state index in [1.165, 1.54) is 25.7 Å². The first-order valence-corrected chi connectivity index (χ1v) is 4.77. The van der Waals surface area contributed by atoms with E-state index in [2.05, 4.69) is 5.32 Å². The van der Waals surface area contributed by atoms with Crippen LogP contribution in [0.2, 0.25) is 0 Å². The Kier molecular flexibility index (Phi) is 4.55. The van der Waals surface area contributed by atoms with Crippen LogP contribution in [-0.2, 0) is 0 Å². The fraction of sp³-hybridized carbons (Fsp3) is 1.00. The van der Waals surface area contributed by atoms with Crippen LogP contribution >= 0.6 is 0 Å². The maximum Gasteiger partial charge on any atom is 0.0431 e. The fourth-order valence-corrected chi connectivity index (χ4v) is 1.33. The van der Waals surface area contributed by atoms with Crippen LogP contribution in [0.15, 0.2) is 0 Å². The summed E-state index contributed by atoms with van der Waals surface area (Å²) in [7, 11) is 0. The van der Waals surface area contributed by atoms with Crippen LogP contribution in [-0.4, -0.2) is 24.3 Å². The van der Waals surface area contributed by atoms with Gasteiger partial charge in [-0.05, 0) is 38.6 Å². The molecule has 0 unspecified atom stereocenters. The van der Waals surface area contributed by atoms with Gasteiger partial charge in [0, 0.05) is 12.6 Å². The molecule has 66 valence electrons. The molecule has 1 saturated carbocycles. The van der Waals surface area contributed by atoms with Crippen LogP contribution in [0.1, 0.15) is 38.5 Å². The Morgan fingerprint density at radius 3 is 2.55 bits per heavy atom. The molecule has 11 heavy (non-hydrogen) atoms. The van der Waals surface area contributed by atoms with Gasteiger partial charge < -0.3 is 10.4 Å². The molecule has 0 radical (unpaired) electrons. The minimum Gasteiger partial charge on any atom is -0.396 e. The molecule has 0 amide bonds. The Bertz CT molecular complexity index is 91.6. The van der Waals surface area contributed by atoms with Crippen molar-refractivity contribution < 1.29 is 5.11 Å². The van der Waals surface area contributed by atoms with Crippen molar-refractivity contribution in [2.45, 2.75) is 44.6 Å². The molecule has 0 aromatic carbocycles. The van der Waals surface area contributed by atoms with Gasteiger partial charge in [0.05, 0.1) is 0 Å². The maximum absolute atomic E-state index is 8.51. The molecule has 1 fully saturated rings. The van der Waals surface area contributed by atoms with E-state index in [-0.39, 0.29) is 0 Å². The van der Waals surface area contributed by atoms with Crippen molar-refractivity contribution in [2.24, 2.45) is 0 Å². The predicted molar refractivity (Wildman–Crippen MR) is 46.6 cm³/mol. The Hall–Kier alpha value is -0.0800. The molecule has 2 nitrogen and oxygen atoms in total. The molecule has 0 atom stereocenters. The molecule has 1 rings (SSSR count). The van der Waals surface area contributed by atoms with Gasteiger partial charge in [0.25, 0.3) is 0 Å². The molecule has 0 spiro atoms. The Labute approximate surface area is 69.0 Å². The molecule has 0 saturated heterocycles. The van der Waals surface area contributed by atoms with Gasteiger partial charge in [-0.25, -0.2) is 0 Å². The lowest BCUT2D eigenvalue weighted by Crippen LogP contribution is -2.35. The highest BCUT2D eigenvalue weighted by molar-refractivity contribution is 4.75. The van der Waals surface area contributed by atoms with E-state index in [0.29, 0.717) is 6.61 Å². The monoisotopic (exact) mass is 157 g/mol. The number of hydrogen-bond acceptors (Lipinski definition) is 2. The first-order chi connectivity index (χ1) is 5.43. The lowest BCUT2D eigenvalue weighted by atomic mass is 9.93. The quantitative estimate of drug-likeness (QED) is 0.569. The molecule has 2 heteroatoms. The molecule has 1 aliphatic rings. The van der Waals surface area contributed by atoms with Crippen molar-refractivity contribution in [3.05, 3.63) is 0 Å². The number of unbranched alkanes of at least 4 members (excludes halogenated alkanes) is 2. The van der Waals surface area contributed by atoms with Gasteiger partial charge in [0.2, 0.25) is 0 Å². The zero-order valence-corrected chi connectivity index (χ0v) is 7.18. The highest BCUT2D eigenvalue weighted by atomic mass is 16.2. The molecule has 0 aromatic heterocycles. The Balaban J connectivity index is 1.73. The van der Waals surface area contributed by atoms with Crippen LogP contribution < -0.4 is 5.32 Å². The fourth-order valence-electron chi connectivity index (χ4n) is 1.33. The molecule has 1 aliphatic carbocycles.